The number of carboxylic acid groups (broad SMARTS) is 1. The van der Waals surface area contributed by atoms with E-state index < -0.39 is 11.9 Å². The van der Waals surface area contributed by atoms with Crippen molar-refractivity contribution >= 4 is 11.9 Å². The molecule has 94 valence electrons. The second kappa shape index (κ2) is 10.4. The van der Waals surface area contributed by atoms with Gasteiger partial charge >= 0.3 is 11.9 Å². The lowest BCUT2D eigenvalue weighted by molar-refractivity contribution is -0.163. The van der Waals surface area contributed by atoms with Gasteiger partial charge in [0.1, 0.15) is 0 Å². The third-order valence-electron chi connectivity index (χ3n) is 2.21. The molecule has 0 rings (SSSR count). The molecular formula is C11H20O5. The molecule has 0 aromatic rings. The molecule has 0 radical (unpaired) electrons. The summed E-state index contributed by atoms with van der Waals surface area (Å²) in [6.45, 7) is 0.437. The average Bonchev–Trinajstić information content (AvgIpc) is 2.26. The number of carbonyl (C=O) groups excluding carboxylic acids is 1. The highest BCUT2D eigenvalue weighted by atomic mass is 16.6. The Balaban J connectivity index is 3.10. The van der Waals surface area contributed by atoms with Crippen LogP contribution in [-0.2, 0) is 14.3 Å². The highest BCUT2D eigenvalue weighted by Crippen LogP contribution is 2.06. The van der Waals surface area contributed by atoms with Gasteiger partial charge in [-0.15, -0.1) is 0 Å². The molecule has 0 heterocycles. The molecule has 16 heavy (non-hydrogen) atoms. The number of aliphatic carboxylic acids is 1. The van der Waals surface area contributed by atoms with Crippen molar-refractivity contribution in [3.05, 3.63) is 0 Å². The fourth-order valence-corrected chi connectivity index (χ4v) is 1.32. The molecule has 0 aliphatic carbocycles. The lowest BCUT2D eigenvalue weighted by Gasteiger charge is -2.02. The standard InChI is InChI=1S/C11H20O5/c12-8-6-4-2-1-3-5-7-9-16-11(15)10(13)14/h12H,1-9H2,(H,13,14). The molecule has 2 N–H and O–H groups in total. The van der Waals surface area contributed by atoms with Crippen molar-refractivity contribution in [1.29, 1.82) is 0 Å². The first-order chi connectivity index (χ1) is 7.68. The highest BCUT2D eigenvalue weighted by molar-refractivity contribution is 6.28. The molecule has 0 fully saturated rings. The first-order valence-electron chi connectivity index (χ1n) is 5.69. The number of unbranched alkanes of at least 4 members (excludes halogenated alkanes) is 6. The smallest absolute Gasteiger partial charge is 0.417 e. The molecule has 0 aliphatic rings. The molecule has 0 aromatic carbocycles. The Morgan fingerprint density at radius 3 is 1.88 bits per heavy atom. The monoisotopic (exact) mass is 232 g/mol. The third kappa shape index (κ3) is 9.45. The first kappa shape index (κ1) is 14.9. The minimum Gasteiger partial charge on any atom is -0.473 e. The summed E-state index contributed by atoms with van der Waals surface area (Å²) >= 11 is 0. The van der Waals surface area contributed by atoms with Gasteiger partial charge in [0, 0.05) is 6.61 Å². The van der Waals surface area contributed by atoms with Gasteiger partial charge in [0.05, 0.1) is 6.61 Å². The minimum atomic E-state index is -1.54. The van der Waals surface area contributed by atoms with Crippen LogP contribution in [0.4, 0.5) is 0 Å². The number of ether oxygens (including phenoxy) is 1. The fourth-order valence-electron chi connectivity index (χ4n) is 1.32. The van der Waals surface area contributed by atoms with E-state index >= 15 is 0 Å². The van der Waals surface area contributed by atoms with E-state index in [1.165, 1.54) is 0 Å². The maximum Gasteiger partial charge on any atom is 0.417 e. The van der Waals surface area contributed by atoms with Crippen molar-refractivity contribution in [3.63, 3.8) is 0 Å². The SMILES string of the molecule is O=C(O)C(=O)OCCCCCCCCCO. The van der Waals surface area contributed by atoms with Crippen LogP contribution in [-0.4, -0.2) is 35.4 Å². The van der Waals surface area contributed by atoms with E-state index in [-0.39, 0.29) is 13.2 Å². The molecule has 0 aromatic heterocycles. The summed E-state index contributed by atoms with van der Waals surface area (Å²) in [6, 6.07) is 0. The number of hydrogen-bond donors (Lipinski definition) is 2. The lowest BCUT2D eigenvalue weighted by Crippen LogP contribution is -2.16. The maximum absolute atomic E-state index is 10.5. The van der Waals surface area contributed by atoms with Crippen LogP contribution >= 0.6 is 0 Å². The van der Waals surface area contributed by atoms with Crippen LogP contribution in [0.15, 0.2) is 0 Å². The van der Waals surface area contributed by atoms with Crippen LogP contribution in [0.25, 0.3) is 0 Å². The van der Waals surface area contributed by atoms with Gasteiger partial charge in [-0.2, -0.15) is 0 Å². The summed E-state index contributed by atoms with van der Waals surface area (Å²) in [6.07, 6.45) is 6.81. The predicted octanol–water partition coefficient (Wildman–Crippen LogP) is 1.34. The van der Waals surface area contributed by atoms with Crippen LogP contribution in [0.1, 0.15) is 44.9 Å². The van der Waals surface area contributed by atoms with Crippen LogP contribution in [0.2, 0.25) is 0 Å². The molecule has 5 nitrogen and oxygen atoms in total. The third-order valence-corrected chi connectivity index (χ3v) is 2.21. The number of aliphatic hydroxyl groups excluding tert-OH is 1. The van der Waals surface area contributed by atoms with E-state index in [4.69, 9.17) is 10.2 Å². The van der Waals surface area contributed by atoms with Gasteiger partial charge in [0.15, 0.2) is 0 Å². The van der Waals surface area contributed by atoms with Crippen molar-refractivity contribution in [2.24, 2.45) is 0 Å². The number of rotatable bonds is 9. The van der Waals surface area contributed by atoms with Gasteiger partial charge in [-0.05, 0) is 12.8 Å². The van der Waals surface area contributed by atoms with Crippen molar-refractivity contribution in [2.45, 2.75) is 44.9 Å². The van der Waals surface area contributed by atoms with Gasteiger partial charge in [0.2, 0.25) is 0 Å². The molecule has 5 heteroatoms. The van der Waals surface area contributed by atoms with Gasteiger partial charge in [-0.3, -0.25) is 0 Å². The van der Waals surface area contributed by atoms with Gasteiger partial charge in [-0.1, -0.05) is 32.1 Å². The maximum atomic E-state index is 10.5. The Labute approximate surface area is 95.4 Å². The molecule has 0 saturated heterocycles. The van der Waals surface area contributed by atoms with Crippen LogP contribution in [0.5, 0.6) is 0 Å². The summed E-state index contributed by atoms with van der Waals surface area (Å²) in [5.41, 5.74) is 0. The zero-order chi connectivity index (χ0) is 12.2. The zero-order valence-electron chi connectivity index (χ0n) is 9.48. The molecule has 0 unspecified atom stereocenters. The van der Waals surface area contributed by atoms with Gasteiger partial charge in [0.25, 0.3) is 0 Å². The second-order valence-electron chi connectivity index (χ2n) is 3.64. The number of carboxylic acids is 1. The fraction of sp³-hybridized carbons (Fsp3) is 0.818. The highest BCUT2D eigenvalue weighted by Gasteiger charge is 2.11. The molecule has 0 bridgehead atoms. The molecule has 0 amide bonds. The van der Waals surface area contributed by atoms with E-state index in [0.29, 0.717) is 6.42 Å². The largest absolute Gasteiger partial charge is 0.473 e. The van der Waals surface area contributed by atoms with Crippen LogP contribution < -0.4 is 0 Å². The molecule has 0 aliphatic heterocycles. The lowest BCUT2D eigenvalue weighted by atomic mass is 10.1. The summed E-state index contributed by atoms with van der Waals surface area (Å²) in [5, 5.41) is 16.7. The van der Waals surface area contributed by atoms with Crippen molar-refractivity contribution < 1.29 is 24.5 Å². The van der Waals surface area contributed by atoms with E-state index in [1.807, 2.05) is 0 Å². The van der Waals surface area contributed by atoms with E-state index in [2.05, 4.69) is 4.74 Å². The minimum absolute atomic E-state index is 0.182. The average molecular weight is 232 g/mol. The Morgan fingerprint density at radius 1 is 0.875 bits per heavy atom. The Bertz CT molecular complexity index is 203. The van der Waals surface area contributed by atoms with E-state index in [1.54, 1.807) is 0 Å². The summed E-state index contributed by atoms with van der Waals surface area (Å²) < 4.78 is 4.48. The van der Waals surface area contributed by atoms with Gasteiger partial charge in [-0.25, -0.2) is 9.59 Å². The summed E-state index contributed by atoms with van der Waals surface area (Å²) in [5.74, 6) is -2.72. The normalized spacial score (nSPS) is 10.1. The van der Waals surface area contributed by atoms with Crippen molar-refractivity contribution in [1.82, 2.24) is 0 Å². The van der Waals surface area contributed by atoms with Crippen LogP contribution in [0, 0.1) is 0 Å². The Hall–Kier alpha value is -1.10. The zero-order valence-corrected chi connectivity index (χ0v) is 9.48. The first-order valence-corrected chi connectivity index (χ1v) is 5.69. The number of carbonyl (C=O) groups is 2. The number of esters is 1. The molecule has 0 saturated carbocycles. The second-order valence-corrected chi connectivity index (χ2v) is 3.64. The number of aliphatic hydroxyl groups is 1. The summed E-state index contributed by atoms with van der Waals surface area (Å²) in [4.78, 5) is 20.6. The molecule has 0 spiro atoms. The van der Waals surface area contributed by atoms with Crippen molar-refractivity contribution in [2.75, 3.05) is 13.2 Å². The van der Waals surface area contributed by atoms with Crippen molar-refractivity contribution in [3.8, 4) is 0 Å². The van der Waals surface area contributed by atoms with E-state index in [0.717, 1.165) is 38.5 Å². The molecule has 0 atom stereocenters. The number of hydrogen-bond acceptors (Lipinski definition) is 4. The quantitative estimate of drug-likeness (QED) is 0.356. The Morgan fingerprint density at radius 2 is 1.38 bits per heavy atom. The van der Waals surface area contributed by atoms with E-state index in [9.17, 15) is 9.59 Å². The Kier molecular flexibility index (Phi) is 9.70. The topological polar surface area (TPSA) is 83.8 Å². The predicted molar refractivity (Wildman–Crippen MR) is 58.0 cm³/mol. The van der Waals surface area contributed by atoms with Crippen LogP contribution in [0.3, 0.4) is 0 Å². The van der Waals surface area contributed by atoms with Gasteiger partial charge < -0.3 is 14.9 Å². The summed E-state index contributed by atoms with van der Waals surface area (Å²) in [7, 11) is 0. The molecular weight excluding hydrogens is 212 g/mol.